The van der Waals surface area contributed by atoms with Crippen molar-refractivity contribution in [1.82, 2.24) is 5.43 Å². The molecule has 0 amide bonds. The smallest absolute Gasteiger partial charge is 0.191 e. The fourth-order valence-electron chi connectivity index (χ4n) is 2.52. The first-order valence-corrected chi connectivity index (χ1v) is 7.73. The fourth-order valence-corrected chi connectivity index (χ4v) is 2.69. The number of anilines is 2. The number of hydrogen-bond acceptors (Lipinski definition) is 2. The molecule has 3 rings (SSSR count). The van der Waals surface area contributed by atoms with E-state index in [4.69, 9.17) is 12.2 Å². The van der Waals surface area contributed by atoms with Gasteiger partial charge in [0.15, 0.2) is 5.11 Å². The molecule has 2 aromatic rings. The Bertz CT molecular complexity index is 669. The molecule has 0 unspecified atom stereocenters. The summed E-state index contributed by atoms with van der Waals surface area (Å²) in [4.78, 5) is 2.15. The monoisotopic (exact) mass is 310 g/mol. The summed E-state index contributed by atoms with van der Waals surface area (Å²) in [7, 11) is 0. The number of benzene rings is 2. The Hall–Kier alpha value is -2.40. The predicted molar refractivity (Wildman–Crippen MR) is 96.4 cm³/mol. The molecule has 1 aliphatic rings. The van der Waals surface area contributed by atoms with Gasteiger partial charge in [-0.25, -0.2) is 0 Å². The lowest BCUT2D eigenvalue weighted by Crippen LogP contribution is -2.30. The molecule has 0 radical (unpaired) electrons. The molecule has 1 heterocycles. The number of aryl methyl sites for hydroxylation is 1. The molecule has 0 bridgehead atoms. The molecule has 112 valence electrons. The van der Waals surface area contributed by atoms with E-state index in [1.807, 2.05) is 30.3 Å². The minimum absolute atomic E-state index is 0.479. The number of para-hydroxylation sites is 2. The van der Waals surface area contributed by atoms with Crippen LogP contribution in [-0.2, 0) is 6.42 Å². The molecule has 2 aromatic carbocycles. The van der Waals surface area contributed by atoms with Gasteiger partial charge in [0, 0.05) is 17.9 Å². The van der Waals surface area contributed by atoms with E-state index in [9.17, 15) is 0 Å². The van der Waals surface area contributed by atoms with Crippen LogP contribution in [0, 0.1) is 0 Å². The zero-order valence-electron chi connectivity index (χ0n) is 12.2. The number of nitrogens with one attached hydrogen (secondary N) is 2. The second-order valence-corrected chi connectivity index (χ2v) is 5.51. The fraction of sp³-hybridized carbons (Fsp3) is 0.176. The summed E-state index contributed by atoms with van der Waals surface area (Å²) in [6.07, 6.45) is 4.06. The van der Waals surface area contributed by atoms with Gasteiger partial charge in [-0.15, -0.1) is 0 Å². The average Bonchev–Trinajstić information content (AvgIpc) is 2.56. The molecule has 5 heteroatoms. The topological polar surface area (TPSA) is 39.7 Å². The van der Waals surface area contributed by atoms with Gasteiger partial charge in [-0.05, 0) is 48.8 Å². The lowest BCUT2D eigenvalue weighted by atomic mass is 10.0. The molecule has 0 spiro atoms. The van der Waals surface area contributed by atoms with E-state index in [2.05, 4.69) is 45.0 Å². The van der Waals surface area contributed by atoms with Gasteiger partial charge < -0.3 is 10.2 Å². The highest BCUT2D eigenvalue weighted by Crippen LogP contribution is 2.25. The van der Waals surface area contributed by atoms with E-state index in [1.165, 1.54) is 11.3 Å². The highest BCUT2D eigenvalue weighted by atomic mass is 32.1. The SMILES string of the molecule is S=C(N/N=C\N1CCCc2ccccc21)Nc1ccccc1. The van der Waals surface area contributed by atoms with Gasteiger partial charge in [0.25, 0.3) is 0 Å². The molecule has 0 aliphatic carbocycles. The van der Waals surface area contributed by atoms with Crippen molar-refractivity contribution in [3.8, 4) is 0 Å². The van der Waals surface area contributed by atoms with Crippen LogP contribution in [0.2, 0.25) is 0 Å². The summed E-state index contributed by atoms with van der Waals surface area (Å²) in [5, 5.41) is 7.80. The van der Waals surface area contributed by atoms with E-state index in [-0.39, 0.29) is 0 Å². The summed E-state index contributed by atoms with van der Waals surface area (Å²) in [6.45, 7) is 0.973. The van der Waals surface area contributed by atoms with Crippen LogP contribution in [0.25, 0.3) is 0 Å². The Balaban J connectivity index is 1.58. The van der Waals surface area contributed by atoms with Gasteiger partial charge in [0.1, 0.15) is 6.34 Å². The van der Waals surface area contributed by atoms with E-state index >= 15 is 0 Å². The third-order valence-corrected chi connectivity index (χ3v) is 3.73. The van der Waals surface area contributed by atoms with Crippen molar-refractivity contribution in [3.05, 3.63) is 60.2 Å². The van der Waals surface area contributed by atoms with E-state index in [0.29, 0.717) is 5.11 Å². The number of hydrazone groups is 1. The van der Waals surface area contributed by atoms with Crippen LogP contribution >= 0.6 is 12.2 Å². The number of thiocarbonyl (C=S) groups is 1. The van der Waals surface area contributed by atoms with Crippen molar-refractivity contribution in [1.29, 1.82) is 0 Å². The maximum atomic E-state index is 5.23. The zero-order valence-corrected chi connectivity index (χ0v) is 13.0. The predicted octanol–water partition coefficient (Wildman–Crippen LogP) is 3.37. The minimum Gasteiger partial charge on any atom is -0.331 e. The number of nitrogens with zero attached hydrogens (tertiary/aromatic N) is 2. The van der Waals surface area contributed by atoms with Crippen molar-refractivity contribution in [2.75, 3.05) is 16.8 Å². The largest absolute Gasteiger partial charge is 0.331 e. The van der Waals surface area contributed by atoms with E-state index in [0.717, 1.165) is 25.1 Å². The quantitative estimate of drug-likeness (QED) is 0.395. The third-order valence-electron chi connectivity index (χ3n) is 3.54. The third kappa shape index (κ3) is 3.62. The second kappa shape index (κ2) is 7.04. The molecule has 1 aliphatic heterocycles. The van der Waals surface area contributed by atoms with Crippen LogP contribution in [-0.4, -0.2) is 18.0 Å². The maximum absolute atomic E-state index is 5.23. The zero-order chi connectivity index (χ0) is 15.2. The first-order valence-electron chi connectivity index (χ1n) is 7.33. The second-order valence-electron chi connectivity index (χ2n) is 5.10. The minimum atomic E-state index is 0.479. The summed E-state index contributed by atoms with van der Waals surface area (Å²) in [5.74, 6) is 0. The molecule has 4 nitrogen and oxygen atoms in total. The van der Waals surface area contributed by atoms with Crippen LogP contribution in [0.1, 0.15) is 12.0 Å². The molecule has 0 atom stereocenters. The molecule has 0 fully saturated rings. The summed E-state index contributed by atoms with van der Waals surface area (Å²) >= 11 is 5.23. The van der Waals surface area contributed by atoms with Crippen molar-refractivity contribution >= 4 is 35.0 Å². The molecule has 0 saturated carbocycles. The molecule has 22 heavy (non-hydrogen) atoms. The van der Waals surface area contributed by atoms with Gasteiger partial charge in [0.2, 0.25) is 0 Å². The highest BCUT2D eigenvalue weighted by Gasteiger charge is 2.14. The van der Waals surface area contributed by atoms with Crippen LogP contribution in [0.3, 0.4) is 0 Å². The Labute approximate surface area is 135 Å². The Morgan fingerprint density at radius 3 is 2.73 bits per heavy atom. The van der Waals surface area contributed by atoms with Crippen LogP contribution in [0.5, 0.6) is 0 Å². The number of hydrogen-bond donors (Lipinski definition) is 2. The van der Waals surface area contributed by atoms with E-state index in [1.54, 1.807) is 6.34 Å². The summed E-state index contributed by atoms with van der Waals surface area (Å²) < 4.78 is 0. The molecule has 2 N–H and O–H groups in total. The van der Waals surface area contributed by atoms with Gasteiger partial charge in [-0.3, -0.25) is 5.43 Å². The molecule has 0 saturated heterocycles. The normalized spacial score (nSPS) is 13.7. The van der Waals surface area contributed by atoms with Gasteiger partial charge >= 0.3 is 0 Å². The van der Waals surface area contributed by atoms with E-state index < -0.39 is 0 Å². The van der Waals surface area contributed by atoms with Crippen molar-refractivity contribution in [2.45, 2.75) is 12.8 Å². The van der Waals surface area contributed by atoms with Crippen molar-refractivity contribution in [3.63, 3.8) is 0 Å². The van der Waals surface area contributed by atoms with Crippen LogP contribution in [0.15, 0.2) is 59.7 Å². The Kier molecular flexibility index (Phi) is 4.65. The molecule has 0 aromatic heterocycles. The standard InChI is InChI=1S/C17H18N4S/c22-17(19-15-9-2-1-3-10-15)20-18-13-21-12-6-8-14-7-4-5-11-16(14)21/h1-5,7,9-11,13H,6,8,12H2,(H2,19,20,22)/b18-13-. The Morgan fingerprint density at radius 2 is 1.86 bits per heavy atom. The number of rotatable bonds is 3. The van der Waals surface area contributed by atoms with Crippen molar-refractivity contribution < 1.29 is 0 Å². The average molecular weight is 310 g/mol. The van der Waals surface area contributed by atoms with Gasteiger partial charge in [-0.2, -0.15) is 5.10 Å². The maximum Gasteiger partial charge on any atom is 0.191 e. The van der Waals surface area contributed by atoms with Gasteiger partial charge in [-0.1, -0.05) is 36.4 Å². The van der Waals surface area contributed by atoms with Crippen LogP contribution in [0.4, 0.5) is 11.4 Å². The summed E-state index contributed by atoms with van der Waals surface area (Å²) in [6, 6.07) is 18.2. The van der Waals surface area contributed by atoms with Crippen molar-refractivity contribution in [2.24, 2.45) is 5.10 Å². The van der Waals surface area contributed by atoms with Crippen LogP contribution < -0.4 is 15.6 Å². The lowest BCUT2D eigenvalue weighted by Gasteiger charge is -2.27. The first-order chi connectivity index (χ1) is 10.8. The number of fused-ring (bicyclic) bond motifs is 1. The Morgan fingerprint density at radius 1 is 1.09 bits per heavy atom. The van der Waals surface area contributed by atoms with Gasteiger partial charge in [0.05, 0.1) is 0 Å². The first kappa shape index (κ1) is 14.5. The summed E-state index contributed by atoms with van der Waals surface area (Å²) in [5.41, 5.74) is 6.39. The lowest BCUT2D eigenvalue weighted by molar-refractivity contribution is 0.780. The molecular formula is C17H18N4S. The highest BCUT2D eigenvalue weighted by molar-refractivity contribution is 7.80. The molecular weight excluding hydrogens is 292 g/mol.